The Bertz CT molecular complexity index is 634. The lowest BCUT2D eigenvalue weighted by atomic mass is 9.78. The summed E-state index contributed by atoms with van der Waals surface area (Å²) < 4.78 is 5.20. The van der Waals surface area contributed by atoms with Gasteiger partial charge >= 0.3 is 5.97 Å². The highest BCUT2D eigenvalue weighted by Gasteiger charge is 2.25. The molecule has 1 unspecified atom stereocenters. The van der Waals surface area contributed by atoms with Gasteiger partial charge in [-0.15, -0.1) is 0 Å². The number of hydrogen-bond acceptors (Lipinski definition) is 2. The van der Waals surface area contributed by atoms with Crippen LogP contribution in [0, 0.1) is 11.3 Å². The maximum Gasteiger partial charge on any atom is 0.355 e. The minimum absolute atomic E-state index is 0.199. The first-order chi connectivity index (χ1) is 9.84. The van der Waals surface area contributed by atoms with Crippen molar-refractivity contribution in [2.45, 2.75) is 41.0 Å². The number of H-pyrrole nitrogens is 1. The molecule has 2 rings (SSSR count). The van der Waals surface area contributed by atoms with Crippen molar-refractivity contribution in [2.24, 2.45) is 11.3 Å². The van der Waals surface area contributed by atoms with Crippen molar-refractivity contribution in [3.8, 4) is 0 Å². The molecule has 0 bridgehead atoms. The van der Waals surface area contributed by atoms with Gasteiger partial charge in [0.05, 0.1) is 6.61 Å². The lowest BCUT2D eigenvalue weighted by Crippen LogP contribution is -2.20. The molecule has 0 aliphatic heterocycles. The molecule has 0 aliphatic rings. The number of aromatic amines is 1. The molecular formula is C18H25NO2. The van der Waals surface area contributed by atoms with Gasteiger partial charge in [-0.3, -0.25) is 0 Å². The number of ether oxygens (including phenoxy) is 1. The number of hydrogen-bond donors (Lipinski definition) is 1. The van der Waals surface area contributed by atoms with Crippen LogP contribution in [0.4, 0.5) is 0 Å². The first-order valence-electron chi connectivity index (χ1n) is 7.61. The van der Waals surface area contributed by atoms with Gasteiger partial charge in [-0.1, -0.05) is 45.9 Å². The normalized spacial score (nSPS) is 13.4. The van der Waals surface area contributed by atoms with E-state index in [2.05, 4.69) is 38.7 Å². The molecule has 3 nitrogen and oxygen atoms in total. The molecule has 1 aromatic heterocycles. The third-order valence-electron chi connectivity index (χ3n) is 4.28. The summed E-state index contributed by atoms with van der Waals surface area (Å²) in [4.78, 5) is 15.4. The van der Waals surface area contributed by atoms with Gasteiger partial charge in [0, 0.05) is 10.9 Å². The van der Waals surface area contributed by atoms with Crippen molar-refractivity contribution < 1.29 is 9.53 Å². The Morgan fingerprint density at radius 3 is 2.57 bits per heavy atom. The first kappa shape index (κ1) is 15.6. The van der Waals surface area contributed by atoms with Gasteiger partial charge in [-0.2, -0.15) is 0 Å². The van der Waals surface area contributed by atoms with Crippen LogP contribution in [-0.2, 0) is 11.2 Å². The van der Waals surface area contributed by atoms with Gasteiger partial charge in [0.15, 0.2) is 0 Å². The van der Waals surface area contributed by atoms with E-state index in [1.165, 1.54) is 0 Å². The molecule has 3 heteroatoms. The van der Waals surface area contributed by atoms with Crippen LogP contribution in [0.5, 0.6) is 0 Å². The zero-order valence-corrected chi connectivity index (χ0v) is 13.6. The summed E-state index contributed by atoms with van der Waals surface area (Å²) in [5.41, 5.74) is 2.88. The standard InChI is InChI=1S/C18H25NO2/c1-6-21-17(20)16-14(11-12(2)18(3,4)5)13-9-7-8-10-15(13)19-16/h7-10,12,19H,6,11H2,1-5H3. The molecule has 0 radical (unpaired) electrons. The molecule has 0 aliphatic carbocycles. The highest BCUT2D eigenvalue weighted by Crippen LogP contribution is 2.32. The molecular weight excluding hydrogens is 262 g/mol. The number of aromatic nitrogens is 1. The number of carbonyl (C=O) groups is 1. The molecule has 0 fully saturated rings. The maximum absolute atomic E-state index is 12.2. The second-order valence-corrected chi connectivity index (χ2v) is 6.72. The topological polar surface area (TPSA) is 42.1 Å². The number of nitrogens with one attached hydrogen (secondary N) is 1. The number of carbonyl (C=O) groups excluding carboxylic acids is 1. The van der Waals surface area contributed by atoms with Crippen molar-refractivity contribution in [2.75, 3.05) is 6.61 Å². The Morgan fingerprint density at radius 1 is 1.29 bits per heavy atom. The highest BCUT2D eigenvalue weighted by atomic mass is 16.5. The van der Waals surface area contributed by atoms with Gasteiger partial charge in [0.2, 0.25) is 0 Å². The molecule has 1 N–H and O–H groups in total. The monoisotopic (exact) mass is 287 g/mol. The van der Waals surface area contributed by atoms with Crippen LogP contribution in [0.3, 0.4) is 0 Å². The summed E-state index contributed by atoms with van der Waals surface area (Å²) in [6.07, 6.45) is 0.863. The molecule has 21 heavy (non-hydrogen) atoms. The largest absolute Gasteiger partial charge is 0.461 e. The van der Waals surface area contributed by atoms with E-state index in [-0.39, 0.29) is 11.4 Å². The van der Waals surface area contributed by atoms with Crippen LogP contribution in [-0.4, -0.2) is 17.6 Å². The molecule has 0 saturated carbocycles. The Balaban J connectivity index is 2.48. The van der Waals surface area contributed by atoms with Crippen LogP contribution in [0.1, 0.15) is 50.7 Å². The average Bonchev–Trinajstić information content (AvgIpc) is 2.77. The molecule has 0 spiro atoms. The zero-order valence-electron chi connectivity index (χ0n) is 13.6. The van der Waals surface area contributed by atoms with E-state index < -0.39 is 0 Å². The summed E-state index contributed by atoms with van der Waals surface area (Å²) in [6, 6.07) is 8.06. The van der Waals surface area contributed by atoms with Gasteiger partial charge < -0.3 is 9.72 Å². The second kappa shape index (κ2) is 5.92. The van der Waals surface area contributed by atoms with Crippen LogP contribution in [0.15, 0.2) is 24.3 Å². The molecule has 0 amide bonds. The van der Waals surface area contributed by atoms with E-state index in [0.717, 1.165) is 22.9 Å². The number of para-hydroxylation sites is 1. The minimum atomic E-state index is -0.259. The third kappa shape index (κ3) is 3.29. The lowest BCUT2D eigenvalue weighted by molar-refractivity contribution is 0.0518. The smallest absolute Gasteiger partial charge is 0.355 e. The third-order valence-corrected chi connectivity index (χ3v) is 4.28. The molecule has 1 atom stereocenters. The Labute approximate surface area is 126 Å². The Hall–Kier alpha value is -1.77. The summed E-state index contributed by atoms with van der Waals surface area (Å²) in [6.45, 7) is 11.2. The van der Waals surface area contributed by atoms with Gasteiger partial charge in [-0.05, 0) is 36.3 Å². The highest BCUT2D eigenvalue weighted by molar-refractivity contribution is 5.98. The summed E-state index contributed by atoms with van der Waals surface area (Å²) in [7, 11) is 0. The Kier molecular flexibility index (Phi) is 4.40. The molecule has 1 heterocycles. The number of fused-ring (bicyclic) bond motifs is 1. The second-order valence-electron chi connectivity index (χ2n) is 6.72. The molecule has 114 valence electrons. The average molecular weight is 287 g/mol. The molecule has 0 saturated heterocycles. The van der Waals surface area contributed by atoms with Crippen molar-refractivity contribution in [1.82, 2.24) is 4.98 Å². The predicted molar refractivity (Wildman–Crippen MR) is 86.6 cm³/mol. The minimum Gasteiger partial charge on any atom is -0.461 e. The first-order valence-corrected chi connectivity index (χ1v) is 7.61. The van der Waals surface area contributed by atoms with Crippen LogP contribution >= 0.6 is 0 Å². The van der Waals surface area contributed by atoms with E-state index in [1.807, 2.05) is 25.1 Å². The van der Waals surface area contributed by atoms with Gasteiger partial charge in [0.1, 0.15) is 5.69 Å². The van der Waals surface area contributed by atoms with E-state index in [1.54, 1.807) is 0 Å². The fraction of sp³-hybridized carbons (Fsp3) is 0.500. The SMILES string of the molecule is CCOC(=O)c1[nH]c2ccccc2c1CC(C)C(C)(C)C. The fourth-order valence-corrected chi connectivity index (χ4v) is 2.40. The Morgan fingerprint density at radius 2 is 1.95 bits per heavy atom. The van der Waals surface area contributed by atoms with Gasteiger partial charge in [0.25, 0.3) is 0 Å². The van der Waals surface area contributed by atoms with Gasteiger partial charge in [-0.25, -0.2) is 4.79 Å². The van der Waals surface area contributed by atoms with Crippen molar-refractivity contribution in [3.05, 3.63) is 35.5 Å². The van der Waals surface area contributed by atoms with Crippen LogP contribution in [0.25, 0.3) is 10.9 Å². The van der Waals surface area contributed by atoms with E-state index in [4.69, 9.17) is 4.74 Å². The van der Waals surface area contributed by atoms with Crippen LogP contribution in [0.2, 0.25) is 0 Å². The fourth-order valence-electron chi connectivity index (χ4n) is 2.40. The van der Waals surface area contributed by atoms with E-state index in [9.17, 15) is 4.79 Å². The quantitative estimate of drug-likeness (QED) is 0.837. The van der Waals surface area contributed by atoms with Crippen molar-refractivity contribution in [3.63, 3.8) is 0 Å². The van der Waals surface area contributed by atoms with Crippen molar-refractivity contribution in [1.29, 1.82) is 0 Å². The predicted octanol–water partition coefficient (Wildman–Crippen LogP) is 4.57. The zero-order chi connectivity index (χ0) is 15.6. The van der Waals surface area contributed by atoms with Crippen molar-refractivity contribution >= 4 is 16.9 Å². The van der Waals surface area contributed by atoms with Crippen LogP contribution < -0.4 is 0 Å². The summed E-state index contributed by atoms with van der Waals surface area (Å²) in [5, 5.41) is 1.12. The molecule has 1 aromatic carbocycles. The summed E-state index contributed by atoms with van der Waals surface area (Å²) >= 11 is 0. The molecule has 2 aromatic rings. The van der Waals surface area contributed by atoms with E-state index in [0.29, 0.717) is 18.2 Å². The number of esters is 1. The number of rotatable bonds is 4. The summed E-state index contributed by atoms with van der Waals surface area (Å²) in [5.74, 6) is 0.203. The van der Waals surface area contributed by atoms with E-state index >= 15 is 0 Å². The number of benzene rings is 1. The lowest BCUT2D eigenvalue weighted by Gasteiger charge is -2.27. The maximum atomic E-state index is 12.2.